The monoisotopic (exact) mass is 392 g/mol. The molecule has 0 fully saturated rings. The van der Waals surface area contributed by atoms with Crippen LogP contribution in [-0.2, 0) is 11.8 Å². The number of hydrogen-bond donors (Lipinski definition) is 0. The van der Waals surface area contributed by atoms with E-state index in [1.165, 1.54) is 53.9 Å². The first-order chi connectivity index (χ1) is 14.0. The summed E-state index contributed by atoms with van der Waals surface area (Å²) >= 11 is 1.96. The maximum atomic E-state index is 2.47. The second kappa shape index (κ2) is 5.93. The maximum Gasteiger partial charge on any atom is 0.0390 e. The van der Waals surface area contributed by atoms with Crippen molar-refractivity contribution in [2.75, 3.05) is 0 Å². The summed E-state index contributed by atoms with van der Waals surface area (Å²) in [6.45, 7) is 6.95. The van der Waals surface area contributed by atoms with Crippen molar-refractivity contribution >= 4 is 27.0 Å². The van der Waals surface area contributed by atoms with Gasteiger partial charge in [-0.1, -0.05) is 74.0 Å². The summed E-state index contributed by atoms with van der Waals surface area (Å²) in [5.41, 5.74) is 11.5. The van der Waals surface area contributed by atoms with Crippen LogP contribution in [0.5, 0.6) is 0 Å². The number of aryl methyl sites for hydroxylation is 2. The van der Waals surface area contributed by atoms with E-state index >= 15 is 0 Å². The van der Waals surface area contributed by atoms with Crippen molar-refractivity contribution in [3.63, 3.8) is 0 Å². The molecule has 4 aromatic rings. The SMILES string of the molecule is Cc1ccc2c(c1)C(C)(C)c1cc(C3=CCCc4c3sc3ccccc43)ccc1-2. The summed E-state index contributed by atoms with van der Waals surface area (Å²) in [5, 5.41) is 1.45. The van der Waals surface area contributed by atoms with Crippen LogP contribution in [0.3, 0.4) is 0 Å². The Kier molecular flexibility index (Phi) is 3.53. The van der Waals surface area contributed by atoms with Crippen molar-refractivity contribution in [3.05, 3.63) is 99.4 Å². The topological polar surface area (TPSA) is 0 Å². The fourth-order valence-corrected chi connectivity index (χ4v) is 6.60. The zero-order chi connectivity index (χ0) is 19.8. The Labute approximate surface area is 176 Å². The zero-order valence-corrected chi connectivity index (χ0v) is 18.0. The molecule has 142 valence electrons. The first kappa shape index (κ1) is 17.2. The molecule has 29 heavy (non-hydrogen) atoms. The van der Waals surface area contributed by atoms with Gasteiger partial charge in [-0.3, -0.25) is 0 Å². The predicted octanol–water partition coefficient (Wildman–Crippen LogP) is 7.89. The van der Waals surface area contributed by atoms with Gasteiger partial charge in [0.25, 0.3) is 0 Å². The predicted molar refractivity (Wildman–Crippen MR) is 126 cm³/mol. The molecule has 0 aliphatic heterocycles. The first-order valence-corrected chi connectivity index (χ1v) is 11.3. The van der Waals surface area contributed by atoms with Crippen LogP contribution in [0.25, 0.3) is 26.8 Å². The minimum atomic E-state index is 0.0465. The van der Waals surface area contributed by atoms with Gasteiger partial charge < -0.3 is 0 Å². The van der Waals surface area contributed by atoms with Crippen molar-refractivity contribution in [2.24, 2.45) is 0 Å². The Morgan fingerprint density at radius 1 is 0.862 bits per heavy atom. The van der Waals surface area contributed by atoms with Crippen molar-refractivity contribution in [3.8, 4) is 11.1 Å². The van der Waals surface area contributed by atoms with Crippen LogP contribution >= 0.6 is 11.3 Å². The molecule has 0 radical (unpaired) electrons. The van der Waals surface area contributed by atoms with Gasteiger partial charge in [-0.05, 0) is 76.2 Å². The summed E-state index contributed by atoms with van der Waals surface area (Å²) in [6, 6.07) is 23.0. The minimum Gasteiger partial charge on any atom is -0.135 e. The number of thiophene rings is 1. The molecule has 1 aromatic heterocycles. The quantitative estimate of drug-likeness (QED) is 0.309. The van der Waals surface area contributed by atoms with Gasteiger partial charge in [0.1, 0.15) is 0 Å². The molecular weight excluding hydrogens is 368 g/mol. The Hall–Kier alpha value is -2.64. The van der Waals surface area contributed by atoms with Gasteiger partial charge in [-0.25, -0.2) is 0 Å². The summed E-state index contributed by atoms with van der Waals surface area (Å²) < 4.78 is 1.41. The van der Waals surface area contributed by atoms with E-state index in [0.29, 0.717) is 0 Å². The molecule has 2 aliphatic carbocycles. The van der Waals surface area contributed by atoms with Gasteiger partial charge in [0, 0.05) is 15.0 Å². The molecule has 2 aliphatic rings. The van der Waals surface area contributed by atoms with Gasteiger partial charge in [0.05, 0.1) is 0 Å². The van der Waals surface area contributed by atoms with Crippen molar-refractivity contribution in [1.29, 1.82) is 0 Å². The Morgan fingerprint density at radius 2 is 1.62 bits per heavy atom. The first-order valence-electron chi connectivity index (χ1n) is 10.5. The average molecular weight is 393 g/mol. The van der Waals surface area contributed by atoms with E-state index in [9.17, 15) is 0 Å². The Morgan fingerprint density at radius 3 is 2.48 bits per heavy atom. The smallest absolute Gasteiger partial charge is 0.0390 e. The Bertz CT molecular complexity index is 1330. The van der Waals surface area contributed by atoms with Crippen molar-refractivity contribution in [2.45, 2.75) is 39.0 Å². The molecule has 0 nitrogen and oxygen atoms in total. The van der Waals surface area contributed by atoms with Gasteiger partial charge in [0.15, 0.2) is 0 Å². The molecule has 1 heteroatoms. The average Bonchev–Trinajstić information content (AvgIpc) is 3.21. The third-order valence-corrected chi connectivity index (χ3v) is 8.07. The van der Waals surface area contributed by atoms with E-state index in [-0.39, 0.29) is 5.41 Å². The lowest BCUT2D eigenvalue weighted by atomic mass is 9.80. The molecule has 0 saturated carbocycles. The molecular formula is C28H24S. The van der Waals surface area contributed by atoms with Gasteiger partial charge >= 0.3 is 0 Å². The van der Waals surface area contributed by atoms with E-state index < -0.39 is 0 Å². The summed E-state index contributed by atoms with van der Waals surface area (Å²) in [4.78, 5) is 1.47. The second-order valence-corrected chi connectivity index (χ2v) is 10.0. The summed E-state index contributed by atoms with van der Waals surface area (Å²) in [7, 11) is 0. The lowest BCUT2D eigenvalue weighted by Gasteiger charge is -2.23. The molecule has 3 aromatic carbocycles. The number of allylic oxidation sites excluding steroid dienone is 1. The van der Waals surface area contributed by atoms with E-state index in [1.807, 2.05) is 11.3 Å². The van der Waals surface area contributed by atoms with Gasteiger partial charge in [0.2, 0.25) is 0 Å². The van der Waals surface area contributed by atoms with E-state index in [2.05, 4.69) is 87.5 Å². The molecule has 0 atom stereocenters. The van der Waals surface area contributed by atoms with Crippen LogP contribution in [0.2, 0.25) is 0 Å². The highest BCUT2D eigenvalue weighted by atomic mass is 32.1. The normalized spacial score (nSPS) is 16.3. The van der Waals surface area contributed by atoms with Crippen molar-refractivity contribution < 1.29 is 0 Å². The molecule has 0 spiro atoms. The third-order valence-electron chi connectivity index (χ3n) is 6.83. The molecule has 0 N–H and O–H groups in total. The fourth-order valence-electron chi connectivity index (χ4n) is 5.29. The third kappa shape index (κ3) is 2.37. The molecule has 0 amide bonds. The second-order valence-electron chi connectivity index (χ2n) is 9.00. The zero-order valence-electron chi connectivity index (χ0n) is 17.2. The van der Waals surface area contributed by atoms with Crippen LogP contribution in [-0.4, -0.2) is 0 Å². The van der Waals surface area contributed by atoms with E-state index in [4.69, 9.17) is 0 Å². The lowest BCUT2D eigenvalue weighted by Crippen LogP contribution is -2.15. The maximum absolute atomic E-state index is 2.47. The van der Waals surface area contributed by atoms with E-state index in [1.54, 1.807) is 5.56 Å². The van der Waals surface area contributed by atoms with Crippen LogP contribution in [0.4, 0.5) is 0 Å². The summed E-state index contributed by atoms with van der Waals surface area (Å²) in [6.07, 6.45) is 4.74. The molecule has 0 bridgehead atoms. The Balaban J connectivity index is 1.53. The van der Waals surface area contributed by atoms with Crippen LogP contribution in [0, 0.1) is 6.92 Å². The lowest BCUT2D eigenvalue weighted by molar-refractivity contribution is 0.659. The largest absolute Gasteiger partial charge is 0.135 e. The van der Waals surface area contributed by atoms with Crippen LogP contribution < -0.4 is 0 Å². The summed E-state index contributed by atoms with van der Waals surface area (Å²) in [5.74, 6) is 0. The number of hydrogen-bond acceptors (Lipinski definition) is 1. The minimum absolute atomic E-state index is 0.0465. The standard InChI is InChI=1S/C28H24S/c1-17-11-13-20-21-14-12-18(16-25(21)28(2,3)24(20)15-17)19-8-6-9-23-22-7-4-5-10-26(22)29-27(19)23/h4-5,7-8,10-16H,6,9H2,1-3H3. The highest BCUT2D eigenvalue weighted by Gasteiger charge is 2.36. The van der Waals surface area contributed by atoms with Crippen molar-refractivity contribution in [1.82, 2.24) is 0 Å². The highest BCUT2D eigenvalue weighted by Crippen LogP contribution is 2.50. The molecule has 1 heterocycles. The van der Waals surface area contributed by atoms with Gasteiger partial charge in [-0.2, -0.15) is 0 Å². The number of fused-ring (bicyclic) bond motifs is 6. The fraction of sp³-hybridized carbons (Fsp3) is 0.214. The van der Waals surface area contributed by atoms with E-state index in [0.717, 1.165) is 12.8 Å². The highest BCUT2D eigenvalue weighted by molar-refractivity contribution is 7.20. The van der Waals surface area contributed by atoms with Crippen LogP contribution in [0.1, 0.15) is 53.0 Å². The van der Waals surface area contributed by atoms with Gasteiger partial charge in [-0.15, -0.1) is 11.3 Å². The molecule has 0 saturated heterocycles. The number of rotatable bonds is 1. The number of benzene rings is 3. The molecule has 0 unspecified atom stereocenters. The molecule has 6 rings (SSSR count). The van der Waals surface area contributed by atoms with Crippen LogP contribution in [0.15, 0.2) is 66.7 Å².